The van der Waals surface area contributed by atoms with Crippen molar-refractivity contribution < 1.29 is 38.1 Å². The first-order chi connectivity index (χ1) is 18.9. The lowest BCUT2D eigenvalue weighted by atomic mass is 10.0. The van der Waals surface area contributed by atoms with E-state index in [4.69, 9.17) is 18.9 Å². The summed E-state index contributed by atoms with van der Waals surface area (Å²) in [5.41, 5.74) is 1.54. The molecule has 0 aliphatic heterocycles. The molecule has 0 heterocycles. The van der Waals surface area contributed by atoms with Crippen LogP contribution in [0.25, 0.3) is 0 Å². The first kappa shape index (κ1) is 31.1. The number of carbonyl (C=O) groups excluding carboxylic acids is 4. The van der Waals surface area contributed by atoms with Crippen molar-refractivity contribution >= 4 is 23.9 Å². The Morgan fingerprint density at radius 3 is 2.00 bits per heavy atom. The number of carbonyl (C=O) groups is 4. The fourth-order valence-electron chi connectivity index (χ4n) is 3.53. The number of unbranched alkanes of at least 4 members (excludes halogenated alkanes) is 2. The van der Waals surface area contributed by atoms with E-state index < -0.39 is 30.2 Å². The van der Waals surface area contributed by atoms with Gasteiger partial charge in [0.25, 0.3) is 6.10 Å². The van der Waals surface area contributed by atoms with Crippen molar-refractivity contribution in [1.29, 1.82) is 0 Å². The van der Waals surface area contributed by atoms with Gasteiger partial charge in [0, 0.05) is 13.0 Å². The number of ether oxygens (including phenoxy) is 4. The molecule has 2 rings (SSSR count). The summed E-state index contributed by atoms with van der Waals surface area (Å²) >= 11 is 0. The Labute approximate surface area is 229 Å². The first-order valence-electron chi connectivity index (χ1n) is 13.2. The van der Waals surface area contributed by atoms with E-state index in [1.165, 1.54) is 0 Å². The molecular weight excluding hydrogens is 504 g/mol. The monoisotopic (exact) mass is 542 g/mol. The summed E-state index contributed by atoms with van der Waals surface area (Å²) < 4.78 is 20.7. The predicted octanol–water partition coefficient (Wildman–Crippen LogP) is 3.70. The number of rotatable bonds is 16. The van der Waals surface area contributed by atoms with Gasteiger partial charge in [-0.05, 0) is 43.5 Å². The Hall–Kier alpha value is -4.08. The maximum atomic E-state index is 12.9. The molecule has 0 radical (unpaired) electrons. The van der Waals surface area contributed by atoms with E-state index in [0.717, 1.165) is 24.8 Å². The fourth-order valence-corrected chi connectivity index (χ4v) is 3.53. The Morgan fingerprint density at radius 2 is 1.41 bits per heavy atom. The molecule has 10 heteroatoms. The lowest BCUT2D eigenvalue weighted by molar-refractivity contribution is -0.166. The van der Waals surface area contributed by atoms with Crippen molar-refractivity contribution in [3.05, 3.63) is 65.7 Å². The van der Waals surface area contributed by atoms with Crippen molar-refractivity contribution in [3.8, 4) is 5.75 Å². The normalized spacial score (nSPS) is 11.3. The van der Waals surface area contributed by atoms with E-state index in [2.05, 4.69) is 17.6 Å². The zero-order chi connectivity index (χ0) is 28.5. The van der Waals surface area contributed by atoms with E-state index in [-0.39, 0.29) is 37.9 Å². The summed E-state index contributed by atoms with van der Waals surface area (Å²) in [7, 11) is 0. The molecule has 212 valence electrons. The molecule has 0 aliphatic carbocycles. The lowest BCUT2D eigenvalue weighted by Crippen LogP contribution is -2.48. The summed E-state index contributed by atoms with van der Waals surface area (Å²) in [6.45, 7) is 6.06. The topological polar surface area (TPSA) is 129 Å². The standard InChI is InChI=1S/C29H38N2O8/c1-4-7-11-18-30-26(32)24(31-29(35)38-20-22-12-9-8-10-13-22)19-21-14-16-23(17-15-21)39-25(27(33)36-5-2)28(34)37-6-3/h8-10,12-17,24-25H,4-7,11,18-20H2,1-3H3,(H,30,32)(H,31,35)/t24-/m0/s1. The van der Waals surface area contributed by atoms with Crippen molar-refractivity contribution in [2.45, 2.75) is 65.2 Å². The van der Waals surface area contributed by atoms with Crippen LogP contribution in [0.1, 0.15) is 51.2 Å². The lowest BCUT2D eigenvalue weighted by Gasteiger charge is -2.19. The average Bonchev–Trinajstić information content (AvgIpc) is 2.94. The van der Waals surface area contributed by atoms with Crippen LogP contribution in [-0.4, -0.2) is 55.8 Å². The molecule has 0 aliphatic rings. The van der Waals surface area contributed by atoms with Crippen molar-refractivity contribution in [1.82, 2.24) is 10.6 Å². The van der Waals surface area contributed by atoms with Crippen LogP contribution in [0.15, 0.2) is 54.6 Å². The maximum Gasteiger partial charge on any atom is 0.408 e. The summed E-state index contributed by atoms with van der Waals surface area (Å²) in [4.78, 5) is 49.7. The van der Waals surface area contributed by atoms with Crippen LogP contribution < -0.4 is 15.4 Å². The Morgan fingerprint density at radius 1 is 0.769 bits per heavy atom. The van der Waals surface area contributed by atoms with Crippen molar-refractivity contribution in [2.24, 2.45) is 0 Å². The Bertz CT molecular complexity index is 1030. The van der Waals surface area contributed by atoms with Gasteiger partial charge in [-0.25, -0.2) is 14.4 Å². The zero-order valence-corrected chi connectivity index (χ0v) is 22.8. The first-order valence-corrected chi connectivity index (χ1v) is 13.2. The van der Waals surface area contributed by atoms with E-state index in [9.17, 15) is 19.2 Å². The quantitative estimate of drug-likeness (QED) is 0.142. The Balaban J connectivity index is 2.07. The van der Waals surface area contributed by atoms with Gasteiger partial charge < -0.3 is 29.6 Å². The molecule has 2 amide bonds. The third kappa shape index (κ3) is 11.5. The summed E-state index contributed by atoms with van der Waals surface area (Å²) in [5, 5.41) is 5.52. The highest BCUT2D eigenvalue weighted by molar-refractivity contribution is 5.98. The molecule has 0 bridgehead atoms. The number of amides is 2. The molecule has 39 heavy (non-hydrogen) atoms. The van der Waals surface area contributed by atoms with Crippen LogP contribution in [0, 0.1) is 0 Å². The molecule has 1 atom stereocenters. The van der Waals surface area contributed by atoms with Gasteiger partial charge in [0.05, 0.1) is 13.2 Å². The molecular formula is C29H38N2O8. The van der Waals surface area contributed by atoms with Crippen LogP contribution in [0.5, 0.6) is 5.75 Å². The summed E-state index contributed by atoms with van der Waals surface area (Å²) in [6, 6.07) is 14.8. The molecule has 0 spiro atoms. The van der Waals surface area contributed by atoms with E-state index in [1.54, 1.807) is 38.1 Å². The molecule has 10 nitrogen and oxygen atoms in total. The molecule has 2 N–H and O–H groups in total. The van der Waals surface area contributed by atoms with Gasteiger partial charge in [-0.2, -0.15) is 0 Å². The third-order valence-electron chi connectivity index (χ3n) is 5.52. The van der Waals surface area contributed by atoms with Crippen LogP contribution >= 0.6 is 0 Å². The van der Waals surface area contributed by atoms with Crippen LogP contribution in [0.4, 0.5) is 4.79 Å². The van der Waals surface area contributed by atoms with Gasteiger partial charge >= 0.3 is 18.0 Å². The summed E-state index contributed by atoms with van der Waals surface area (Å²) in [6.07, 6.45) is 0.751. The number of alkyl carbamates (subject to hydrolysis) is 1. The number of hydrogen-bond acceptors (Lipinski definition) is 8. The Kier molecular flexibility index (Phi) is 13.9. The van der Waals surface area contributed by atoms with Crippen LogP contribution in [-0.2, 0) is 41.6 Å². The number of nitrogens with one attached hydrogen (secondary N) is 2. The highest BCUT2D eigenvalue weighted by Crippen LogP contribution is 2.17. The van der Waals surface area contributed by atoms with Crippen molar-refractivity contribution in [3.63, 3.8) is 0 Å². The zero-order valence-electron chi connectivity index (χ0n) is 22.8. The molecule has 2 aromatic carbocycles. The minimum Gasteiger partial charge on any atom is -0.467 e. The highest BCUT2D eigenvalue weighted by atomic mass is 16.6. The second-order valence-corrected chi connectivity index (χ2v) is 8.61. The maximum absolute atomic E-state index is 12.9. The minimum atomic E-state index is -1.56. The smallest absolute Gasteiger partial charge is 0.408 e. The minimum absolute atomic E-state index is 0.0750. The fraction of sp³-hybridized carbons (Fsp3) is 0.448. The SMILES string of the molecule is CCCCCNC(=O)[C@H](Cc1ccc(OC(C(=O)OCC)C(=O)OCC)cc1)NC(=O)OCc1ccccc1. The highest BCUT2D eigenvalue weighted by Gasteiger charge is 2.32. The second-order valence-electron chi connectivity index (χ2n) is 8.61. The van der Waals surface area contributed by atoms with Crippen LogP contribution in [0.3, 0.4) is 0 Å². The molecule has 2 aromatic rings. The molecule has 0 unspecified atom stereocenters. The van der Waals surface area contributed by atoms with Crippen LogP contribution in [0.2, 0.25) is 0 Å². The van der Waals surface area contributed by atoms with E-state index >= 15 is 0 Å². The predicted molar refractivity (Wildman–Crippen MR) is 144 cm³/mol. The largest absolute Gasteiger partial charge is 0.467 e. The van der Waals surface area contributed by atoms with Crippen molar-refractivity contribution in [2.75, 3.05) is 19.8 Å². The molecule has 0 saturated heterocycles. The number of benzene rings is 2. The van der Waals surface area contributed by atoms with Gasteiger partial charge in [-0.15, -0.1) is 0 Å². The summed E-state index contributed by atoms with van der Waals surface area (Å²) in [5.74, 6) is -1.79. The average molecular weight is 543 g/mol. The molecule has 0 fully saturated rings. The molecule has 0 saturated carbocycles. The van der Waals surface area contributed by atoms with E-state index in [0.29, 0.717) is 12.1 Å². The van der Waals surface area contributed by atoms with E-state index in [1.807, 2.05) is 30.3 Å². The van der Waals surface area contributed by atoms with Gasteiger partial charge in [0.15, 0.2) is 0 Å². The van der Waals surface area contributed by atoms with Gasteiger partial charge in [0.1, 0.15) is 18.4 Å². The third-order valence-corrected chi connectivity index (χ3v) is 5.52. The number of esters is 2. The van der Waals surface area contributed by atoms with Gasteiger partial charge in [-0.1, -0.05) is 62.2 Å². The van der Waals surface area contributed by atoms with Gasteiger partial charge in [0.2, 0.25) is 5.91 Å². The second kappa shape index (κ2) is 17.4. The van der Waals surface area contributed by atoms with Gasteiger partial charge in [-0.3, -0.25) is 4.79 Å². The molecule has 0 aromatic heterocycles. The number of hydrogen-bond donors (Lipinski definition) is 2.